The van der Waals surface area contributed by atoms with Gasteiger partial charge in [0, 0.05) is 26.4 Å². The van der Waals surface area contributed by atoms with Crippen LogP contribution in [0.25, 0.3) is 0 Å². The van der Waals surface area contributed by atoms with Crippen molar-refractivity contribution in [3.8, 4) is 0 Å². The molecule has 18 heavy (non-hydrogen) atoms. The van der Waals surface area contributed by atoms with Crippen LogP contribution < -0.4 is 10.2 Å². The summed E-state index contributed by atoms with van der Waals surface area (Å²) in [6.45, 7) is 7.00. The first-order valence-electron chi connectivity index (χ1n) is 6.72. The fraction of sp³-hybridized carbons (Fsp3) is 0.643. The molecular weight excluding hydrogens is 226 g/mol. The molecule has 0 aromatic carbocycles. The zero-order chi connectivity index (χ0) is 13.0. The van der Waals surface area contributed by atoms with Gasteiger partial charge in [-0.15, -0.1) is 0 Å². The Bertz CT molecular complexity index is 383. The molecule has 1 N–H and O–H groups in total. The average Bonchev–Trinajstić information content (AvgIpc) is 2.82. The Labute approximate surface area is 109 Å². The lowest BCUT2D eigenvalue weighted by Crippen LogP contribution is -2.37. The third kappa shape index (κ3) is 2.82. The number of aromatic nitrogens is 1. The van der Waals surface area contributed by atoms with E-state index in [0.29, 0.717) is 12.1 Å². The molecule has 1 fully saturated rings. The molecule has 100 valence electrons. The van der Waals surface area contributed by atoms with E-state index in [1.54, 1.807) is 0 Å². The van der Waals surface area contributed by atoms with Gasteiger partial charge >= 0.3 is 0 Å². The summed E-state index contributed by atoms with van der Waals surface area (Å²) in [5.74, 6) is 0. The molecule has 1 aliphatic heterocycles. The van der Waals surface area contributed by atoms with Crippen LogP contribution in [-0.4, -0.2) is 37.3 Å². The number of anilines is 1. The van der Waals surface area contributed by atoms with Gasteiger partial charge in [-0.05, 0) is 31.5 Å². The number of ether oxygens (including phenoxy) is 1. The van der Waals surface area contributed by atoms with Gasteiger partial charge in [0.1, 0.15) is 0 Å². The van der Waals surface area contributed by atoms with E-state index in [9.17, 15) is 0 Å². The van der Waals surface area contributed by atoms with E-state index < -0.39 is 0 Å². The second-order valence-corrected chi connectivity index (χ2v) is 4.83. The van der Waals surface area contributed by atoms with Gasteiger partial charge in [-0.25, -0.2) is 0 Å². The summed E-state index contributed by atoms with van der Waals surface area (Å²) in [5.41, 5.74) is 2.51. The second kappa shape index (κ2) is 6.16. The quantitative estimate of drug-likeness (QED) is 0.863. The van der Waals surface area contributed by atoms with Crippen LogP contribution in [0.15, 0.2) is 18.5 Å². The first-order valence-corrected chi connectivity index (χ1v) is 6.72. The maximum Gasteiger partial charge on any atom is 0.0750 e. The maximum absolute atomic E-state index is 5.65. The minimum atomic E-state index is 0.294. The van der Waals surface area contributed by atoms with Gasteiger partial charge in [-0.3, -0.25) is 4.98 Å². The molecule has 1 aromatic heterocycles. The van der Waals surface area contributed by atoms with Crippen molar-refractivity contribution < 1.29 is 4.74 Å². The highest BCUT2D eigenvalue weighted by molar-refractivity contribution is 5.52. The summed E-state index contributed by atoms with van der Waals surface area (Å²) in [4.78, 5) is 6.58. The Kier molecular flexibility index (Phi) is 4.55. The summed E-state index contributed by atoms with van der Waals surface area (Å²) in [7, 11) is 2.14. The molecule has 0 spiro atoms. The van der Waals surface area contributed by atoms with Gasteiger partial charge < -0.3 is 15.0 Å². The van der Waals surface area contributed by atoms with Crippen molar-refractivity contribution in [2.75, 3.05) is 25.1 Å². The van der Waals surface area contributed by atoms with Gasteiger partial charge in [-0.1, -0.05) is 6.92 Å². The average molecular weight is 249 g/mol. The van der Waals surface area contributed by atoms with Crippen LogP contribution in [0.2, 0.25) is 0 Å². The fourth-order valence-electron chi connectivity index (χ4n) is 2.55. The van der Waals surface area contributed by atoms with Crippen molar-refractivity contribution in [3.05, 3.63) is 24.0 Å². The topological polar surface area (TPSA) is 37.4 Å². The normalized spacial score (nSPS) is 23.3. The lowest BCUT2D eigenvalue weighted by Gasteiger charge is -2.30. The van der Waals surface area contributed by atoms with Crippen LogP contribution in [0.1, 0.15) is 25.8 Å². The van der Waals surface area contributed by atoms with Crippen molar-refractivity contribution in [1.29, 1.82) is 0 Å². The van der Waals surface area contributed by atoms with Gasteiger partial charge in [0.05, 0.1) is 24.0 Å². The van der Waals surface area contributed by atoms with Crippen molar-refractivity contribution in [1.82, 2.24) is 10.3 Å². The van der Waals surface area contributed by atoms with Crippen molar-refractivity contribution in [2.45, 2.75) is 39.0 Å². The minimum absolute atomic E-state index is 0.294. The van der Waals surface area contributed by atoms with E-state index >= 15 is 0 Å². The van der Waals surface area contributed by atoms with Crippen LogP contribution in [0.5, 0.6) is 0 Å². The van der Waals surface area contributed by atoms with E-state index in [2.05, 4.69) is 42.2 Å². The molecule has 0 saturated carbocycles. The third-order valence-corrected chi connectivity index (χ3v) is 3.67. The molecule has 0 radical (unpaired) electrons. The molecule has 1 aromatic rings. The Balaban J connectivity index is 2.15. The molecule has 2 unspecified atom stereocenters. The van der Waals surface area contributed by atoms with Gasteiger partial charge in [0.15, 0.2) is 0 Å². The number of pyridine rings is 1. The predicted molar refractivity (Wildman–Crippen MR) is 73.8 cm³/mol. The molecule has 4 heteroatoms. The highest BCUT2D eigenvalue weighted by Crippen LogP contribution is 2.26. The second-order valence-electron chi connectivity index (χ2n) is 4.83. The molecule has 4 nitrogen and oxygen atoms in total. The van der Waals surface area contributed by atoms with E-state index in [4.69, 9.17) is 4.74 Å². The first-order chi connectivity index (χ1) is 8.74. The van der Waals surface area contributed by atoms with Crippen LogP contribution in [0.4, 0.5) is 5.69 Å². The van der Waals surface area contributed by atoms with Crippen LogP contribution in [-0.2, 0) is 11.3 Å². The highest BCUT2D eigenvalue weighted by atomic mass is 16.5. The predicted octanol–water partition coefficient (Wildman–Crippen LogP) is 1.80. The summed E-state index contributed by atoms with van der Waals surface area (Å²) in [5, 5.41) is 3.38. The van der Waals surface area contributed by atoms with Crippen LogP contribution in [0.3, 0.4) is 0 Å². The zero-order valence-corrected chi connectivity index (χ0v) is 11.5. The number of nitrogens with one attached hydrogen (secondary N) is 1. The Morgan fingerprint density at radius 1 is 1.56 bits per heavy atom. The molecule has 0 amide bonds. The Morgan fingerprint density at radius 2 is 2.39 bits per heavy atom. The van der Waals surface area contributed by atoms with Gasteiger partial charge in [-0.2, -0.15) is 0 Å². The molecular formula is C14H23N3O. The summed E-state index contributed by atoms with van der Waals surface area (Å²) in [6.07, 6.45) is 5.20. The van der Waals surface area contributed by atoms with Crippen LogP contribution >= 0.6 is 0 Å². The first kappa shape index (κ1) is 13.3. The number of likely N-dealkylation sites (N-methyl/N-ethyl adjacent to an activating group) is 1. The van der Waals surface area contributed by atoms with Crippen molar-refractivity contribution in [3.63, 3.8) is 0 Å². The molecule has 2 atom stereocenters. The molecule has 1 saturated heterocycles. The minimum Gasteiger partial charge on any atom is -0.376 e. The molecule has 1 aliphatic rings. The molecule has 2 rings (SSSR count). The largest absolute Gasteiger partial charge is 0.376 e. The van der Waals surface area contributed by atoms with Crippen LogP contribution in [0, 0.1) is 0 Å². The zero-order valence-electron chi connectivity index (χ0n) is 11.5. The number of hydrogen-bond acceptors (Lipinski definition) is 4. The standard InChI is InChI=1S/C14H23N3O/c1-4-15-9-12-5-7-16-10-14(12)17(3)13-6-8-18-11(13)2/h5,7,10-11,13,15H,4,6,8-9H2,1-3H3. The van der Waals surface area contributed by atoms with E-state index in [-0.39, 0.29) is 0 Å². The van der Waals surface area contributed by atoms with E-state index in [1.807, 2.05) is 12.4 Å². The van der Waals surface area contributed by atoms with Gasteiger partial charge in [0.25, 0.3) is 0 Å². The summed E-state index contributed by atoms with van der Waals surface area (Å²) >= 11 is 0. The fourth-order valence-corrected chi connectivity index (χ4v) is 2.55. The van der Waals surface area contributed by atoms with Crippen molar-refractivity contribution in [2.24, 2.45) is 0 Å². The monoisotopic (exact) mass is 249 g/mol. The SMILES string of the molecule is CCNCc1ccncc1N(C)C1CCOC1C. The lowest BCUT2D eigenvalue weighted by atomic mass is 10.1. The highest BCUT2D eigenvalue weighted by Gasteiger charge is 2.28. The summed E-state index contributed by atoms with van der Waals surface area (Å²) in [6, 6.07) is 2.55. The van der Waals surface area contributed by atoms with E-state index in [0.717, 1.165) is 26.1 Å². The Hall–Kier alpha value is -1.13. The van der Waals surface area contributed by atoms with Gasteiger partial charge in [0.2, 0.25) is 0 Å². The number of nitrogens with zero attached hydrogens (tertiary/aromatic N) is 2. The number of hydrogen-bond donors (Lipinski definition) is 1. The smallest absolute Gasteiger partial charge is 0.0750 e. The summed E-state index contributed by atoms with van der Waals surface area (Å²) < 4.78 is 5.65. The number of rotatable bonds is 5. The van der Waals surface area contributed by atoms with E-state index in [1.165, 1.54) is 11.3 Å². The molecule has 0 aliphatic carbocycles. The maximum atomic E-state index is 5.65. The molecule has 0 bridgehead atoms. The lowest BCUT2D eigenvalue weighted by molar-refractivity contribution is 0.118. The third-order valence-electron chi connectivity index (χ3n) is 3.67. The molecule has 2 heterocycles. The Morgan fingerprint density at radius 3 is 3.06 bits per heavy atom. The van der Waals surface area contributed by atoms with Crippen molar-refractivity contribution >= 4 is 5.69 Å².